The number of nitrogens with zero attached hydrogens (tertiary/aromatic N) is 3. The Morgan fingerprint density at radius 3 is 2.50 bits per heavy atom. The fourth-order valence-electron chi connectivity index (χ4n) is 5.50. The molecule has 0 bridgehead atoms. The Morgan fingerprint density at radius 1 is 1.00 bits per heavy atom. The van der Waals surface area contributed by atoms with Crippen LogP contribution in [0.3, 0.4) is 0 Å². The Bertz CT molecular complexity index is 991. The lowest BCUT2D eigenvalue weighted by atomic mass is 9.95. The van der Waals surface area contributed by atoms with Gasteiger partial charge in [-0.2, -0.15) is 0 Å². The maximum Gasteiger partial charge on any atom is 0.252 e. The van der Waals surface area contributed by atoms with Crippen LogP contribution in [0.25, 0.3) is 5.31 Å². The minimum absolute atomic E-state index is 0.0513. The van der Waals surface area contributed by atoms with Crippen molar-refractivity contribution in [3.8, 4) is 11.5 Å². The van der Waals surface area contributed by atoms with E-state index in [4.69, 9.17) is 9.47 Å². The fraction of sp³-hybridized carbons (Fsp3) is 0.519. The number of fused-ring (bicyclic) bond motifs is 1. The Hall–Kier alpha value is -2.30. The lowest BCUT2D eigenvalue weighted by Gasteiger charge is -2.40. The SMILES string of the molecule is COc1ccc(C2=CC(=O)N3C=C(N4CCC(CN5CCCCC5)CC4)C=CC3P2)cc1OC. The molecule has 0 saturated carbocycles. The molecular formula is C27H36N3O3P. The third-order valence-electron chi connectivity index (χ3n) is 7.49. The van der Waals surface area contributed by atoms with Gasteiger partial charge in [0.15, 0.2) is 11.5 Å². The molecule has 1 aromatic carbocycles. The number of carbonyl (C=O) groups is 1. The number of piperidine rings is 2. The zero-order valence-corrected chi connectivity index (χ0v) is 21.3. The van der Waals surface area contributed by atoms with Crippen molar-refractivity contribution in [2.24, 2.45) is 5.92 Å². The molecule has 6 nitrogen and oxygen atoms in total. The van der Waals surface area contributed by atoms with Crippen molar-refractivity contribution >= 4 is 19.8 Å². The zero-order valence-electron chi connectivity index (χ0n) is 20.3. The van der Waals surface area contributed by atoms with Gasteiger partial charge in [-0.15, -0.1) is 0 Å². The van der Waals surface area contributed by atoms with Crippen molar-refractivity contribution in [3.05, 3.63) is 53.9 Å². The number of ether oxygens (including phenoxy) is 2. The van der Waals surface area contributed by atoms with Gasteiger partial charge in [-0.25, -0.2) is 0 Å². The lowest BCUT2D eigenvalue weighted by Crippen LogP contribution is -2.42. The molecule has 0 spiro atoms. The number of methoxy groups -OCH3 is 2. The minimum atomic E-state index is 0.0513. The highest BCUT2D eigenvalue weighted by Gasteiger charge is 2.31. The molecular weight excluding hydrogens is 445 g/mol. The van der Waals surface area contributed by atoms with E-state index >= 15 is 0 Å². The van der Waals surface area contributed by atoms with Gasteiger partial charge in [0.2, 0.25) is 0 Å². The molecule has 182 valence electrons. The van der Waals surface area contributed by atoms with Crippen LogP contribution in [-0.2, 0) is 4.79 Å². The number of carbonyl (C=O) groups excluding carboxylic acids is 1. The highest BCUT2D eigenvalue weighted by atomic mass is 31.1. The molecule has 4 heterocycles. The largest absolute Gasteiger partial charge is 0.493 e. The van der Waals surface area contributed by atoms with E-state index in [1.165, 1.54) is 57.4 Å². The second-order valence-electron chi connectivity index (χ2n) is 9.67. The highest BCUT2D eigenvalue weighted by molar-refractivity contribution is 7.51. The molecule has 4 aliphatic rings. The van der Waals surface area contributed by atoms with Crippen LogP contribution in [0, 0.1) is 5.92 Å². The first kappa shape index (κ1) is 23.4. The molecule has 34 heavy (non-hydrogen) atoms. The summed E-state index contributed by atoms with van der Waals surface area (Å²) in [5.41, 5.74) is 2.19. The molecule has 0 radical (unpaired) electrons. The molecule has 2 atom stereocenters. The minimum Gasteiger partial charge on any atom is -0.493 e. The van der Waals surface area contributed by atoms with E-state index in [0.717, 1.165) is 29.9 Å². The fourth-order valence-corrected chi connectivity index (χ4v) is 6.88. The maximum absolute atomic E-state index is 13.1. The summed E-state index contributed by atoms with van der Waals surface area (Å²) in [6.07, 6.45) is 14.9. The van der Waals surface area contributed by atoms with Crippen LogP contribution in [0.5, 0.6) is 11.5 Å². The van der Waals surface area contributed by atoms with E-state index in [-0.39, 0.29) is 11.7 Å². The quantitative estimate of drug-likeness (QED) is 0.560. The van der Waals surface area contributed by atoms with Gasteiger partial charge in [-0.05, 0) is 73.8 Å². The number of hydrogen-bond acceptors (Lipinski definition) is 5. The number of benzene rings is 1. The van der Waals surface area contributed by atoms with Crippen molar-refractivity contribution in [1.29, 1.82) is 0 Å². The second kappa shape index (κ2) is 10.5. The van der Waals surface area contributed by atoms with E-state index in [0.29, 0.717) is 20.1 Å². The first-order valence-corrected chi connectivity index (χ1v) is 13.6. The lowest BCUT2D eigenvalue weighted by molar-refractivity contribution is -0.123. The first-order chi connectivity index (χ1) is 16.6. The smallest absolute Gasteiger partial charge is 0.252 e. The summed E-state index contributed by atoms with van der Waals surface area (Å²) in [4.78, 5) is 20.1. The van der Waals surface area contributed by atoms with Crippen molar-refractivity contribution < 1.29 is 14.3 Å². The average molecular weight is 482 g/mol. The van der Waals surface area contributed by atoms with Gasteiger partial charge in [0.1, 0.15) is 0 Å². The van der Waals surface area contributed by atoms with Gasteiger partial charge in [0, 0.05) is 31.9 Å². The van der Waals surface area contributed by atoms with Crippen LogP contribution in [0.15, 0.2) is 48.3 Å². The van der Waals surface area contributed by atoms with Gasteiger partial charge in [-0.1, -0.05) is 27.1 Å². The van der Waals surface area contributed by atoms with E-state index in [2.05, 4.69) is 28.2 Å². The summed E-state index contributed by atoms with van der Waals surface area (Å²) in [7, 11) is 3.76. The number of hydrogen-bond donors (Lipinski definition) is 0. The van der Waals surface area contributed by atoms with E-state index < -0.39 is 0 Å². The van der Waals surface area contributed by atoms with E-state index in [1.54, 1.807) is 20.3 Å². The summed E-state index contributed by atoms with van der Waals surface area (Å²) < 4.78 is 10.8. The van der Waals surface area contributed by atoms with Crippen LogP contribution in [0.2, 0.25) is 0 Å². The predicted molar refractivity (Wildman–Crippen MR) is 138 cm³/mol. The molecule has 1 aromatic rings. The molecule has 5 rings (SSSR count). The summed E-state index contributed by atoms with van der Waals surface area (Å²) in [5.74, 6) is 2.33. The van der Waals surface area contributed by atoms with E-state index in [1.807, 2.05) is 23.1 Å². The van der Waals surface area contributed by atoms with Crippen LogP contribution < -0.4 is 9.47 Å². The standard InChI is InChI=1S/C27H36N3O3P/c1-32-23-8-6-21(16-24(23)33-2)25-17-26(31)30-19-22(7-9-27(30)34-25)29-14-10-20(11-15-29)18-28-12-4-3-5-13-28/h6-9,16-17,19-20,27,34H,3-5,10-15,18H2,1-2H3. The second-order valence-corrected chi connectivity index (χ2v) is 11.1. The predicted octanol–water partition coefficient (Wildman–Crippen LogP) is 4.50. The topological polar surface area (TPSA) is 45.2 Å². The summed E-state index contributed by atoms with van der Waals surface area (Å²) in [5, 5.41) is 1.06. The van der Waals surface area contributed by atoms with E-state index in [9.17, 15) is 4.79 Å². The number of likely N-dealkylation sites (tertiary alicyclic amines) is 2. The number of amides is 1. The van der Waals surface area contributed by atoms with Gasteiger partial charge < -0.3 is 24.2 Å². The van der Waals surface area contributed by atoms with Crippen LogP contribution in [0.1, 0.15) is 37.7 Å². The zero-order chi connectivity index (χ0) is 23.5. The van der Waals surface area contributed by atoms with Gasteiger partial charge >= 0.3 is 0 Å². The van der Waals surface area contributed by atoms with Crippen molar-refractivity contribution in [2.45, 2.75) is 37.9 Å². The maximum atomic E-state index is 13.1. The van der Waals surface area contributed by atoms with Crippen LogP contribution >= 0.6 is 8.58 Å². The highest BCUT2D eigenvalue weighted by Crippen LogP contribution is 2.46. The third-order valence-corrected chi connectivity index (χ3v) is 9.00. The molecule has 7 heteroatoms. The monoisotopic (exact) mass is 481 g/mol. The summed E-state index contributed by atoms with van der Waals surface area (Å²) in [6.45, 7) is 5.99. The van der Waals surface area contributed by atoms with Gasteiger partial charge in [-0.3, -0.25) is 4.79 Å². The van der Waals surface area contributed by atoms with Crippen molar-refractivity contribution in [1.82, 2.24) is 14.7 Å². The van der Waals surface area contributed by atoms with Crippen molar-refractivity contribution in [2.75, 3.05) is 46.9 Å². The Kier molecular flexibility index (Phi) is 7.26. The molecule has 0 N–H and O–H groups in total. The van der Waals surface area contributed by atoms with Gasteiger partial charge in [0.25, 0.3) is 5.91 Å². The average Bonchev–Trinajstić information content (AvgIpc) is 2.89. The van der Waals surface area contributed by atoms with Crippen molar-refractivity contribution in [3.63, 3.8) is 0 Å². The molecule has 2 unspecified atom stereocenters. The number of rotatable bonds is 6. The number of allylic oxidation sites excluding steroid dienone is 1. The summed E-state index contributed by atoms with van der Waals surface area (Å²) >= 11 is 0. The normalized spacial score (nSPS) is 24.6. The van der Waals surface area contributed by atoms with Gasteiger partial charge in [0.05, 0.1) is 25.7 Å². The Morgan fingerprint density at radius 2 is 1.76 bits per heavy atom. The summed E-state index contributed by atoms with van der Waals surface area (Å²) in [6, 6.07) is 5.87. The molecule has 4 aliphatic heterocycles. The molecule has 2 saturated heterocycles. The first-order valence-electron chi connectivity index (χ1n) is 12.5. The van der Waals surface area contributed by atoms with Crippen LogP contribution in [-0.4, -0.2) is 73.3 Å². The molecule has 2 fully saturated rings. The third kappa shape index (κ3) is 5.04. The molecule has 1 amide bonds. The molecule has 0 aromatic heterocycles. The Balaban J connectivity index is 1.22. The Labute approximate surface area is 205 Å². The van der Waals surface area contributed by atoms with Crippen LogP contribution in [0.4, 0.5) is 0 Å². The molecule has 0 aliphatic carbocycles.